The largest absolute Gasteiger partial charge is 0.454 e. The van der Waals surface area contributed by atoms with Gasteiger partial charge in [0.2, 0.25) is 6.79 Å². The molecule has 0 spiro atoms. The van der Waals surface area contributed by atoms with Crippen LogP contribution in [0.25, 0.3) is 0 Å². The first-order valence-electron chi connectivity index (χ1n) is 6.25. The number of ether oxygens (including phenoxy) is 2. The van der Waals surface area contributed by atoms with E-state index in [1.54, 1.807) is 6.07 Å². The van der Waals surface area contributed by atoms with Gasteiger partial charge in [-0.05, 0) is 35.9 Å². The van der Waals surface area contributed by atoms with Crippen LogP contribution in [0.3, 0.4) is 0 Å². The lowest BCUT2D eigenvalue weighted by molar-refractivity contribution is 0.174. The van der Waals surface area contributed by atoms with Gasteiger partial charge in [0.15, 0.2) is 11.5 Å². The predicted octanol–water partition coefficient (Wildman–Crippen LogP) is 3.50. The smallest absolute Gasteiger partial charge is 0.231 e. The van der Waals surface area contributed by atoms with Gasteiger partial charge in [-0.25, -0.2) is 4.39 Å². The van der Waals surface area contributed by atoms with Gasteiger partial charge in [0.25, 0.3) is 0 Å². The zero-order valence-corrected chi connectivity index (χ0v) is 11.4. The van der Waals surface area contributed by atoms with Crippen LogP contribution in [0.15, 0.2) is 36.4 Å². The second-order valence-electron chi connectivity index (χ2n) is 4.53. The van der Waals surface area contributed by atoms with Crippen LogP contribution in [0.1, 0.15) is 11.1 Å². The fraction of sp³-hybridized carbons (Fsp3) is 0.200. The zero-order valence-electron chi connectivity index (χ0n) is 10.7. The summed E-state index contributed by atoms with van der Waals surface area (Å²) in [5.41, 5.74) is 1.61. The first-order valence-corrected chi connectivity index (χ1v) is 6.63. The van der Waals surface area contributed by atoms with Gasteiger partial charge in [0.1, 0.15) is 5.82 Å². The molecule has 5 heteroatoms. The molecule has 0 atom stereocenters. The predicted molar refractivity (Wildman–Crippen MR) is 74.5 cm³/mol. The highest BCUT2D eigenvalue weighted by atomic mass is 35.5. The monoisotopic (exact) mass is 293 g/mol. The van der Waals surface area contributed by atoms with Gasteiger partial charge in [-0.2, -0.15) is 0 Å². The van der Waals surface area contributed by atoms with Gasteiger partial charge >= 0.3 is 0 Å². The lowest BCUT2D eigenvalue weighted by Crippen LogP contribution is -2.13. The van der Waals surface area contributed by atoms with Crippen molar-refractivity contribution in [3.8, 4) is 11.5 Å². The molecule has 0 saturated carbocycles. The summed E-state index contributed by atoms with van der Waals surface area (Å²) in [6.07, 6.45) is 0. The van der Waals surface area contributed by atoms with E-state index >= 15 is 0 Å². The molecule has 20 heavy (non-hydrogen) atoms. The molecular formula is C15H13ClFNO2. The van der Waals surface area contributed by atoms with E-state index in [1.165, 1.54) is 12.1 Å². The molecule has 1 aliphatic heterocycles. The van der Waals surface area contributed by atoms with Gasteiger partial charge in [0, 0.05) is 23.7 Å². The molecular weight excluding hydrogens is 281 g/mol. The van der Waals surface area contributed by atoms with Gasteiger partial charge in [-0.3, -0.25) is 0 Å². The van der Waals surface area contributed by atoms with Crippen LogP contribution in [0.2, 0.25) is 5.02 Å². The summed E-state index contributed by atoms with van der Waals surface area (Å²) in [5.74, 6) is 1.25. The summed E-state index contributed by atoms with van der Waals surface area (Å²) in [5, 5.41) is 3.72. The summed E-state index contributed by atoms with van der Waals surface area (Å²) in [4.78, 5) is 0. The number of nitrogens with one attached hydrogen (secondary N) is 1. The van der Waals surface area contributed by atoms with Crippen molar-refractivity contribution in [2.75, 3.05) is 6.79 Å². The van der Waals surface area contributed by atoms with E-state index in [0.29, 0.717) is 23.7 Å². The number of rotatable bonds is 4. The highest BCUT2D eigenvalue weighted by Gasteiger charge is 2.12. The minimum Gasteiger partial charge on any atom is -0.454 e. The maximum Gasteiger partial charge on any atom is 0.231 e. The Labute approximate surface area is 121 Å². The Morgan fingerprint density at radius 3 is 2.80 bits per heavy atom. The maximum absolute atomic E-state index is 13.5. The summed E-state index contributed by atoms with van der Waals surface area (Å²) in [6, 6.07) is 10.3. The molecule has 2 aromatic carbocycles. The molecule has 0 fully saturated rings. The SMILES string of the molecule is Fc1ccc(Cl)cc1CNCc1ccc2c(c1)OCO2. The minimum atomic E-state index is -0.257. The average molecular weight is 294 g/mol. The Kier molecular flexibility index (Phi) is 3.76. The molecule has 0 radical (unpaired) electrons. The van der Waals surface area contributed by atoms with E-state index in [1.807, 2.05) is 18.2 Å². The quantitative estimate of drug-likeness (QED) is 0.936. The van der Waals surface area contributed by atoms with E-state index in [9.17, 15) is 4.39 Å². The van der Waals surface area contributed by atoms with Crippen LogP contribution in [0.4, 0.5) is 4.39 Å². The first kappa shape index (κ1) is 13.2. The molecule has 104 valence electrons. The van der Waals surface area contributed by atoms with Crippen LogP contribution < -0.4 is 14.8 Å². The van der Waals surface area contributed by atoms with Gasteiger partial charge in [-0.1, -0.05) is 17.7 Å². The minimum absolute atomic E-state index is 0.257. The van der Waals surface area contributed by atoms with E-state index in [0.717, 1.165) is 17.1 Å². The van der Waals surface area contributed by atoms with Crippen molar-refractivity contribution in [1.82, 2.24) is 5.32 Å². The Bertz CT molecular complexity index is 633. The molecule has 3 nitrogen and oxygen atoms in total. The standard InChI is InChI=1S/C15H13ClFNO2/c16-12-2-3-13(17)11(6-12)8-18-7-10-1-4-14-15(5-10)20-9-19-14/h1-6,18H,7-9H2. The van der Waals surface area contributed by atoms with Crippen LogP contribution in [0.5, 0.6) is 11.5 Å². The number of fused-ring (bicyclic) bond motifs is 1. The molecule has 0 aromatic heterocycles. The third kappa shape index (κ3) is 2.86. The molecule has 3 rings (SSSR count). The third-order valence-electron chi connectivity index (χ3n) is 3.09. The van der Waals surface area contributed by atoms with Crippen LogP contribution in [-0.4, -0.2) is 6.79 Å². The van der Waals surface area contributed by atoms with E-state index in [4.69, 9.17) is 21.1 Å². The van der Waals surface area contributed by atoms with Crippen molar-refractivity contribution in [3.05, 3.63) is 58.4 Å². The Hall–Kier alpha value is -1.78. The summed E-state index contributed by atoms with van der Waals surface area (Å²) >= 11 is 5.85. The fourth-order valence-electron chi connectivity index (χ4n) is 2.07. The molecule has 2 aromatic rings. The normalized spacial score (nSPS) is 12.7. The highest BCUT2D eigenvalue weighted by molar-refractivity contribution is 6.30. The van der Waals surface area contributed by atoms with E-state index < -0.39 is 0 Å². The van der Waals surface area contributed by atoms with Crippen molar-refractivity contribution < 1.29 is 13.9 Å². The van der Waals surface area contributed by atoms with Crippen molar-refractivity contribution in [2.24, 2.45) is 0 Å². The molecule has 1 heterocycles. The van der Waals surface area contributed by atoms with Crippen molar-refractivity contribution in [3.63, 3.8) is 0 Å². The van der Waals surface area contributed by atoms with Crippen molar-refractivity contribution >= 4 is 11.6 Å². The maximum atomic E-state index is 13.5. The van der Waals surface area contributed by atoms with Gasteiger partial charge in [-0.15, -0.1) is 0 Å². The Morgan fingerprint density at radius 1 is 1.05 bits per heavy atom. The molecule has 0 bridgehead atoms. The summed E-state index contributed by atoms with van der Waals surface area (Å²) in [6.45, 7) is 1.30. The Balaban J connectivity index is 1.61. The van der Waals surface area contributed by atoms with Crippen LogP contribution >= 0.6 is 11.6 Å². The van der Waals surface area contributed by atoms with E-state index in [-0.39, 0.29) is 12.6 Å². The number of hydrogen-bond acceptors (Lipinski definition) is 3. The van der Waals surface area contributed by atoms with Crippen LogP contribution in [0, 0.1) is 5.82 Å². The second kappa shape index (κ2) is 5.69. The summed E-state index contributed by atoms with van der Waals surface area (Å²) in [7, 11) is 0. The zero-order chi connectivity index (χ0) is 13.9. The highest BCUT2D eigenvalue weighted by Crippen LogP contribution is 2.32. The lowest BCUT2D eigenvalue weighted by atomic mass is 10.2. The third-order valence-corrected chi connectivity index (χ3v) is 3.32. The second-order valence-corrected chi connectivity index (χ2v) is 4.96. The lowest BCUT2D eigenvalue weighted by Gasteiger charge is -2.07. The number of hydrogen-bond donors (Lipinski definition) is 1. The Morgan fingerprint density at radius 2 is 1.90 bits per heavy atom. The topological polar surface area (TPSA) is 30.5 Å². The number of benzene rings is 2. The number of halogens is 2. The average Bonchev–Trinajstić information content (AvgIpc) is 2.90. The first-order chi connectivity index (χ1) is 9.72. The van der Waals surface area contributed by atoms with Gasteiger partial charge < -0.3 is 14.8 Å². The van der Waals surface area contributed by atoms with E-state index in [2.05, 4.69) is 5.32 Å². The van der Waals surface area contributed by atoms with Crippen molar-refractivity contribution in [1.29, 1.82) is 0 Å². The summed E-state index contributed by atoms with van der Waals surface area (Å²) < 4.78 is 24.1. The molecule has 0 amide bonds. The molecule has 1 aliphatic rings. The van der Waals surface area contributed by atoms with Crippen molar-refractivity contribution in [2.45, 2.75) is 13.1 Å². The van der Waals surface area contributed by atoms with Crippen LogP contribution in [-0.2, 0) is 13.1 Å². The molecule has 0 aliphatic carbocycles. The molecule has 1 N–H and O–H groups in total. The van der Waals surface area contributed by atoms with Gasteiger partial charge in [0.05, 0.1) is 0 Å². The fourth-order valence-corrected chi connectivity index (χ4v) is 2.27. The molecule has 0 saturated heterocycles. The molecule has 0 unspecified atom stereocenters.